The monoisotopic (exact) mass is 531 g/mol. The Balaban J connectivity index is 0.00000280. The van der Waals surface area contributed by atoms with Gasteiger partial charge in [-0.3, -0.25) is 0 Å². The predicted octanol–water partition coefficient (Wildman–Crippen LogP) is 4.10. The lowest BCUT2D eigenvalue weighted by Crippen LogP contribution is -2.44. The molecule has 2 N–H and O–H groups in total. The van der Waals surface area contributed by atoms with Crippen molar-refractivity contribution >= 4 is 41.3 Å². The summed E-state index contributed by atoms with van der Waals surface area (Å²) >= 11 is 0.995. The van der Waals surface area contributed by atoms with E-state index in [1.54, 1.807) is 0 Å². The number of aliphatic imine (C=N–C) groups is 1. The van der Waals surface area contributed by atoms with Crippen molar-refractivity contribution in [1.82, 2.24) is 20.5 Å². The minimum Gasteiger partial charge on any atom is -0.357 e. The van der Waals surface area contributed by atoms with E-state index in [9.17, 15) is 13.2 Å². The molecule has 0 radical (unpaired) electrons. The van der Waals surface area contributed by atoms with E-state index in [0.717, 1.165) is 42.1 Å². The number of hydrogen-bond acceptors (Lipinski definition) is 4. The zero-order valence-corrected chi connectivity index (χ0v) is 19.2. The van der Waals surface area contributed by atoms with Gasteiger partial charge in [0.05, 0.1) is 6.54 Å². The van der Waals surface area contributed by atoms with E-state index in [0.29, 0.717) is 23.6 Å². The van der Waals surface area contributed by atoms with Crippen LogP contribution in [0.25, 0.3) is 0 Å². The number of thiazole rings is 1. The highest BCUT2D eigenvalue weighted by atomic mass is 127. The van der Waals surface area contributed by atoms with Gasteiger partial charge in [0.1, 0.15) is 5.01 Å². The molecule has 0 bridgehead atoms. The van der Waals surface area contributed by atoms with E-state index in [-0.39, 0.29) is 30.5 Å². The van der Waals surface area contributed by atoms with Gasteiger partial charge in [-0.05, 0) is 32.1 Å². The van der Waals surface area contributed by atoms with Crippen LogP contribution in [0.1, 0.15) is 49.7 Å². The van der Waals surface area contributed by atoms with Gasteiger partial charge >= 0.3 is 6.18 Å². The van der Waals surface area contributed by atoms with Crippen LogP contribution in [0, 0.1) is 5.92 Å². The number of hydrogen-bond donors (Lipinski definition) is 2. The molecular formula is C18H29F3IN5S. The molecule has 2 aliphatic rings. The van der Waals surface area contributed by atoms with Gasteiger partial charge in [-0.25, -0.2) is 9.98 Å². The van der Waals surface area contributed by atoms with Crippen LogP contribution in [-0.4, -0.2) is 48.1 Å². The number of guanidine groups is 1. The zero-order chi connectivity index (χ0) is 19.3. The van der Waals surface area contributed by atoms with Gasteiger partial charge in [-0.15, -0.1) is 35.3 Å². The number of nitrogens with one attached hydrogen (secondary N) is 2. The number of likely N-dealkylation sites (tertiary alicyclic amines) is 1. The van der Waals surface area contributed by atoms with Crippen LogP contribution in [0.5, 0.6) is 0 Å². The van der Waals surface area contributed by atoms with E-state index < -0.39 is 11.9 Å². The summed E-state index contributed by atoms with van der Waals surface area (Å²) in [4.78, 5) is 10.6. The largest absolute Gasteiger partial charge is 0.434 e. The fourth-order valence-corrected chi connectivity index (χ4v) is 4.57. The Morgan fingerprint density at radius 3 is 2.71 bits per heavy atom. The fraction of sp³-hybridized carbons (Fsp3) is 0.778. The van der Waals surface area contributed by atoms with Crippen molar-refractivity contribution in [2.75, 3.05) is 26.2 Å². The SMILES string of the molecule is CCNC(=NCc1nc(C(F)(F)F)cs1)NC1CCN(CC2CCCC2)C1.I. The molecule has 1 saturated heterocycles. The second-order valence-corrected chi connectivity index (χ2v) is 8.30. The van der Waals surface area contributed by atoms with Gasteiger partial charge in [0.2, 0.25) is 0 Å². The molecule has 0 aromatic carbocycles. The molecule has 28 heavy (non-hydrogen) atoms. The molecule has 2 fully saturated rings. The standard InChI is InChI=1S/C18H28F3N5S.HI/c1-2-22-17(23-9-16-25-15(12-27-16)18(19,20)21)24-14-7-8-26(11-14)10-13-5-3-4-6-13;/h12-14H,2-11H2,1H3,(H2,22,23,24);1H. The fourth-order valence-electron chi connectivity index (χ4n) is 3.85. The molecule has 2 heterocycles. The molecule has 1 aromatic heterocycles. The van der Waals surface area contributed by atoms with Crippen LogP contribution in [0.2, 0.25) is 0 Å². The van der Waals surface area contributed by atoms with Crippen molar-refractivity contribution in [1.29, 1.82) is 0 Å². The second kappa shape index (κ2) is 11.0. The third kappa shape index (κ3) is 7.01. The highest BCUT2D eigenvalue weighted by Gasteiger charge is 2.33. The van der Waals surface area contributed by atoms with E-state index in [1.165, 1.54) is 32.2 Å². The van der Waals surface area contributed by atoms with Gasteiger partial charge in [-0.1, -0.05) is 12.8 Å². The first-order valence-electron chi connectivity index (χ1n) is 9.73. The molecule has 1 atom stereocenters. The molecule has 1 aliphatic heterocycles. The molecule has 0 spiro atoms. The van der Waals surface area contributed by atoms with Crippen LogP contribution in [0.15, 0.2) is 10.4 Å². The third-order valence-electron chi connectivity index (χ3n) is 5.16. The normalized spacial score (nSPS) is 21.7. The molecule has 10 heteroatoms. The number of aromatic nitrogens is 1. The highest BCUT2D eigenvalue weighted by molar-refractivity contribution is 14.0. The molecular weight excluding hydrogens is 502 g/mol. The van der Waals surface area contributed by atoms with Crippen molar-refractivity contribution in [2.24, 2.45) is 10.9 Å². The lowest BCUT2D eigenvalue weighted by atomic mass is 10.1. The van der Waals surface area contributed by atoms with Crippen molar-refractivity contribution in [2.45, 2.75) is 57.8 Å². The van der Waals surface area contributed by atoms with Crippen LogP contribution in [0.4, 0.5) is 13.2 Å². The second-order valence-electron chi connectivity index (χ2n) is 7.36. The number of rotatable bonds is 6. The van der Waals surface area contributed by atoms with E-state index in [1.807, 2.05) is 6.92 Å². The van der Waals surface area contributed by atoms with Crippen LogP contribution in [-0.2, 0) is 12.7 Å². The van der Waals surface area contributed by atoms with Crippen LogP contribution < -0.4 is 10.6 Å². The Labute approximate surface area is 185 Å². The van der Waals surface area contributed by atoms with Gasteiger partial charge in [0.15, 0.2) is 11.7 Å². The maximum absolute atomic E-state index is 12.7. The molecule has 5 nitrogen and oxygen atoms in total. The predicted molar refractivity (Wildman–Crippen MR) is 117 cm³/mol. The Hall–Kier alpha value is -0.620. The van der Waals surface area contributed by atoms with Gasteiger partial charge in [0, 0.05) is 37.6 Å². The van der Waals surface area contributed by atoms with Crippen LogP contribution in [0.3, 0.4) is 0 Å². The minimum absolute atomic E-state index is 0. The Bertz CT molecular complexity index is 631. The number of halogens is 4. The Kier molecular flexibility index (Phi) is 9.26. The quantitative estimate of drug-likeness (QED) is 0.330. The van der Waals surface area contributed by atoms with Gasteiger partial charge < -0.3 is 15.5 Å². The summed E-state index contributed by atoms with van der Waals surface area (Å²) in [5, 5.41) is 8.02. The van der Waals surface area contributed by atoms with E-state index in [4.69, 9.17) is 0 Å². The van der Waals surface area contributed by atoms with Crippen molar-refractivity contribution in [3.05, 3.63) is 16.1 Å². The summed E-state index contributed by atoms with van der Waals surface area (Å²) in [7, 11) is 0. The average Bonchev–Trinajstić information content (AvgIpc) is 3.34. The molecule has 1 aliphatic carbocycles. The summed E-state index contributed by atoms with van der Waals surface area (Å²) in [6.07, 6.45) is 2.10. The van der Waals surface area contributed by atoms with Crippen molar-refractivity contribution in [3.8, 4) is 0 Å². The molecule has 1 saturated carbocycles. The topological polar surface area (TPSA) is 52.6 Å². The summed E-state index contributed by atoms with van der Waals surface area (Å²) in [6, 6.07) is 0.325. The van der Waals surface area contributed by atoms with Crippen molar-refractivity contribution < 1.29 is 13.2 Å². The number of nitrogens with zero attached hydrogens (tertiary/aromatic N) is 3. The molecule has 1 aromatic rings. The van der Waals surface area contributed by atoms with Crippen LogP contribution >= 0.6 is 35.3 Å². The first-order valence-corrected chi connectivity index (χ1v) is 10.6. The Morgan fingerprint density at radius 1 is 1.32 bits per heavy atom. The van der Waals surface area contributed by atoms with Gasteiger partial charge in [0.25, 0.3) is 0 Å². The maximum atomic E-state index is 12.7. The highest BCUT2D eigenvalue weighted by Crippen LogP contribution is 2.30. The molecule has 160 valence electrons. The first kappa shape index (κ1) is 23.7. The maximum Gasteiger partial charge on any atom is 0.434 e. The average molecular weight is 531 g/mol. The zero-order valence-electron chi connectivity index (χ0n) is 16.1. The summed E-state index contributed by atoms with van der Waals surface area (Å²) in [5.41, 5.74) is -0.839. The smallest absolute Gasteiger partial charge is 0.357 e. The lowest BCUT2D eigenvalue weighted by molar-refractivity contribution is -0.140. The lowest BCUT2D eigenvalue weighted by Gasteiger charge is -2.21. The molecule has 0 amide bonds. The first-order chi connectivity index (χ1) is 12.9. The van der Waals surface area contributed by atoms with Crippen molar-refractivity contribution in [3.63, 3.8) is 0 Å². The molecule has 1 unspecified atom stereocenters. The summed E-state index contributed by atoms with van der Waals surface area (Å²) < 4.78 is 38.0. The number of alkyl halides is 3. The van der Waals surface area contributed by atoms with E-state index >= 15 is 0 Å². The third-order valence-corrected chi connectivity index (χ3v) is 6.00. The molecule has 3 rings (SSSR count). The van der Waals surface area contributed by atoms with Gasteiger partial charge in [-0.2, -0.15) is 13.2 Å². The summed E-state index contributed by atoms with van der Waals surface area (Å²) in [6.45, 7) is 6.10. The van der Waals surface area contributed by atoms with E-state index in [2.05, 4.69) is 25.5 Å². The summed E-state index contributed by atoms with van der Waals surface area (Å²) in [5.74, 6) is 1.49. The minimum atomic E-state index is -4.40. The Morgan fingerprint density at radius 2 is 2.07 bits per heavy atom.